The Kier molecular flexibility index (Phi) is 8.90. The number of Topliss-reactive ketones (excluding diaryl/α,β-unsaturated/α-hetero) is 1. The summed E-state index contributed by atoms with van der Waals surface area (Å²) in [6.07, 6.45) is 7.48. The lowest BCUT2D eigenvalue weighted by Gasteiger charge is -2.55. The van der Waals surface area contributed by atoms with Crippen LogP contribution in [-0.4, -0.2) is 104 Å². The minimum Gasteiger partial charge on any atom is -0.496 e. The van der Waals surface area contributed by atoms with E-state index in [1.807, 2.05) is 12.1 Å². The third kappa shape index (κ3) is 5.74. The summed E-state index contributed by atoms with van der Waals surface area (Å²) in [5, 5.41) is 16.9. The van der Waals surface area contributed by atoms with Crippen molar-refractivity contribution >= 4 is 11.7 Å². The van der Waals surface area contributed by atoms with Gasteiger partial charge in [-0.15, -0.1) is 0 Å². The van der Waals surface area contributed by atoms with E-state index >= 15 is 0 Å². The number of likely N-dealkylation sites (tertiary alicyclic amines) is 1. The number of ketones is 1. The van der Waals surface area contributed by atoms with E-state index in [-0.39, 0.29) is 36.5 Å². The zero-order valence-electron chi connectivity index (χ0n) is 25.6. The predicted octanol–water partition coefficient (Wildman–Crippen LogP) is 2.04. The molecule has 0 radical (unpaired) electrons. The van der Waals surface area contributed by atoms with Crippen molar-refractivity contribution in [1.82, 2.24) is 25.3 Å². The molecule has 1 saturated carbocycles. The van der Waals surface area contributed by atoms with Gasteiger partial charge in [-0.3, -0.25) is 25.1 Å². The van der Waals surface area contributed by atoms with Crippen LogP contribution < -0.4 is 15.4 Å². The molecule has 3 heterocycles. The van der Waals surface area contributed by atoms with Gasteiger partial charge in [0.15, 0.2) is 12.1 Å². The first-order chi connectivity index (χ1) is 20.9. The summed E-state index contributed by atoms with van der Waals surface area (Å²) >= 11 is 0. The van der Waals surface area contributed by atoms with Gasteiger partial charge < -0.3 is 19.3 Å². The second kappa shape index (κ2) is 12.7. The third-order valence-electron chi connectivity index (χ3n) is 10.9. The largest absolute Gasteiger partial charge is 0.496 e. The van der Waals surface area contributed by atoms with Gasteiger partial charge in [0.25, 0.3) is 0 Å². The molecule has 0 aromatic heterocycles. The average Bonchev–Trinajstić information content (AvgIpc) is 3.45. The zero-order valence-corrected chi connectivity index (χ0v) is 25.6. The summed E-state index contributed by atoms with van der Waals surface area (Å²) in [5.74, 6) is 1.13. The van der Waals surface area contributed by atoms with Crippen LogP contribution in [0.5, 0.6) is 5.75 Å². The van der Waals surface area contributed by atoms with Crippen molar-refractivity contribution < 1.29 is 19.1 Å². The van der Waals surface area contributed by atoms with E-state index in [0.717, 1.165) is 50.8 Å². The lowest BCUT2D eigenvalue weighted by Crippen LogP contribution is -2.74. The summed E-state index contributed by atoms with van der Waals surface area (Å²) in [6, 6.07) is 8.28. The third-order valence-corrected chi connectivity index (χ3v) is 10.9. The highest BCUT2D eigenvalue weighted by Crippen LogP contribution is 2.48. The van der Waals surface area contributed by atoms with E-state index in [4.69, 9.17) is 9.47 Å². The molecule has 1 aromatic rings. The van der Waals surface area contributed by atoms with Gasteiger partial charge >= 0.3 is 0 Å². The van der Waals surface area contributed by atoms with Gasteiger partial charge in [-0.05, 0) is 81.8 Å². The van der Waals surface area contributed by atoms with E-state index in [9.17, 15) is 14.9 Å². The van der Waals surface area contributed by atoms with E-state index in [2.05, 4.69) is 46.2 Å². The molecule has 5 aliphatic rings. The van der Waals surface area contributed by atoms with Crippen LogP contribution in [0.25, 0.3) is 0 Å². The van der Waals surface area contributed by atoms with Gasteiger partial charge in [0.05, 0.1) is 44.5 Å². The van der Waals surface area contributed by atoms with Crippen LogP contribution in [0.15, 0.2) is 30.9 Å². The molecule has 6 rings (SSSR count). The summed E-state index contributed by atoms with van der Waals surface area (Å²) in [7, 11) is 3.86. The number of hydrogen-bond acceptors (Lipinski definition) is 9. The molecule has 1 spiro atoms. The Hall–Kier alpha value is -2.81. The maximum atomic E-state index is 14.6. The van der Waals surface area contributed by atoms with Crippen LogP contribution in [0.4, 0.5) is 0 Å². The number of nitrogens with one attached hydrogen (secondary N) is 2. The number of likely N-dealkylation sites (N-methyl/N-ethyl adjacent to an activating group) is 1. The number of benzene rings is 1. The van der Waals surface area contributed by atoms with Crippen LogP contribution in [0.1, 0.15) is 49.7 Å². The molecular weight excluding hydrogens is 544 g/mol. The first-order valence-corrected chi connectivity index (χ1v) is 15.9. The van der Waals surface area contributed by atoms with Gasteiger partial charge in [-0.25, -0.2) is 0 Å². The van der Waals surface area contributed by atoms with Gasteiger partial charge in [0.1, 0.15) is 5.75 Å². The Bertz CT molecular complexity index is 1270. The van der Waals surface area contributed by atoms with Crippen molar-refractivity contribution in [1.29, 1.82) is 5.26 Å². The number of rotatable bonds is 7. The van der Waals surface area contributed by atoms with Crippen LogP contribution >= 0.6 is 0 Å². The first-order valence-electron chi connectivity index (χ1n) is 15.9. The highest BCUT2D eigenvalue weighted by atomic mass is 16.5. The molecule has 3 saturated heterocycles. The van der Waals surface area contributed by atoms with Gasteiger partial charge in [0.2, 0.25) is 5.91 Å². The summed E-state index contributed by atoms with van der Waals surface area (Å²) < 4.78 is 12.1. The Morgan fingerprint density at radius 1 is 1.21 bits per heavy atom. The minimum absolute atomic E-state index is 0.0585. The van der Waals surface area contributed by atoms with Crippen LogP contribution in [-0.2, 0) is 27.2 Å². The Balaban J connectivity index is 1.25. The van der Waals surface area contributed by atoms with Crippen molar-refractivity contribution in [3.8, 4) is 11.8 Å². The van der Waals surface area contributed by atoms with E-state index in [1.54, 1.807) is 12.0 Å². The van der Waals surface area contributed by atoms with Crippen molar-refractivity contribution in [2.75, 3.05) is 46.9 Å². The molecular formula is C33H46N6O4. The fourth-order valence-electron chi connectivity index (χ4n) is 8.47. The summed E-state index contributed by atoms with van der Waals surface area (Å²) in [6.45, 7) is 7.08. The number of carbonyl (C=O) groups excluding carboxylic acids is 2. The molecule has 232 valence electrons. The molecule has 2 N–H and O–H groups in total. The fourth-order valence-corrected chi connectivity index (χ4v) is 8.47. The predicted molar refractivity (Wildman–Crippen MR) is 162 cm³/mol. The number of methoxy groups -OCH3 is 1. The Labute approximate surface area is 255 Å². The molecule has 0 bridgehead atoms. The molecule has 6 unspecified atom stereocenters. The quantitative estimate of drug-likeness (QED) is 0.461. The maximum absolute atomic E-state index is 14.6. The van der Waals surface area contributed by atoms with Crippen molar-refractivity contribution in [3.63, 3.8) is 0 Å². The lowest BCUT2D eigenvalue weighted by atomic mass is 9.59. The summed E-state index contributed by atoms with van der Waals surface area (Å²) in [4.78, 5) is 33.7. The highest BCUT2D eigenvalue weighted by Gasteiger charge is 2.55. The van der Waals surface area contributed by atoms with Crippen LogP contribution in [0.3, 0.4) is 0 Å². The highest BCUT2D eigenvalue weighted by molar-refractivity contribution is 5.92. The second-order valence-corrected chi connectivity index (χ2v) is 13.1. The van der Waals surface area contributed by atoms with Gasteiger partial charge in [0, 0.05) is 37.0 Å². The molecule has 1 amide bonds. The maximum Gasteiger partial charge on any atom is 0.246 e. The second-order valence-electron chi connectivity index (χ2n) is 13.1. The molecule has 43 heavy (non-hydrogen) atoms. The number of fused-ring (bicyclic) bond motifs is 2. The number of nitrogens with zero attached hydrogens (tertiary/aromatic N) is 4. The van der Waals surface area contributed by atoms with Crippen LogP contribution in [0, 0.1) is 22.7 Å². The van der Waals surface area contributed by atoms with E-state index in [0.29, 0.717) is 38.1 Å². The van der Waals surface area contributed by atoms with E-state index in [1.165, 1.54) is 23.6 Å². The van der Waals surface area contributed by atoms with Crippen molar-refractivity contribution in [3.05, 3.63) is 42.0 Å². The van der Waals surface area contributed by atoms with Gasteiger partial charge in [-0.1, -0.05) is 18.7 Å². The monoisotopic (exact) mass is 590 g/mol. The Morgan fingerprint density at radius 3 is 2.81 bits per heavy atom. The molecule has 2 aliphatic carbocycles. The Morgan fingerprint density at radius 2 is 2.07 bits per heavy atom. The molecule has 10 heteroatoms. The lowest BCUT2D eigenvalue weighted by molar-refractivity contribution is -0.154. The normalized spacial score (nSPS) is 34.8. The number of carbonyl (C=O) groups is 2. The van der Waals surface area contributed by atoms with E-state index < -0.39 is 11.8 Å². The fraction of sp³-hybridized carbons (Fsp3) is 0.667. The first kappa shape index (κ1) is 30.2. The summed E-state index contributed by atoms with van der Waals surface area (Å²) in [5.41, 5.74) is 2.06. The standard InChI is InChI=1S/C33H46N6O4/c1-4-28(40)39-18-17-38(20-23(39)12-15-34)31-26-11-14-33(13-10-25-22(19-33)7-5-9-27(25)42-3)30(41)29(26)35-32(36-31)43-21-24-8-6-16-37(24)2/h4-5,7,9,23-24,26,29,31-32,35-36H,1,6,8,10-14,16-21H2,2-3H3/t23?,24?,26?,29?,31?,32?,33-/m0/s1. The minimum atomic E-state index is -0.461. The number of nitriles is 1. The number of hydrogen-bond donors (Lipinski definition) is 2. The topological polar surface area (TPSA) is 110 Å². The van der Waals surface area contributed by atoms with Gasteiger partial charge in [-0.2, -0.15) is 5.26 Å². The SMILES string of the molecule is C=CC(=O)N1CCN(C2NC(OCC3CCCN3C)NC3C(=O)[C@@]4(CCc5c(cccc5OC)C4)CCC32)CC1CC#N. The smallest absolute Gasteiger partial charge is 0.246 e. The number of ether oxygens (including phenoxy) is 2. The molecule has 3 aliphatic heterocycles. The molecule has 7 atom stereocenters. The number of amides is 1. The average molecular weight is 591 g/mol. The number of piperazine rings is 1. The zero-order chi connectivity index (χ0) is 30.1. The van der Waals surface area contributed by atoms with Crippen molar-refractivity contribution in [2.24, 2.45) is 11.3 Å². The molecule has 10 nitrogen and oxygen atoms in total. The van der Waals surface area contributed by atoms with Crippen LogP contribution in [0.2, 0.25) is 0 Å². The molecule has 4 fully saturated rings. The molecule has 1 aromatic carbocycles. The van der Waals surface area contributed by atoms with Crippen molar-refractivity contribution in [2.45, 2.75) is 82.0 Å².